The van der Waals surface area contributed by atoms with Gasteiger partial charge in [-0.05, 0) is 41.3 Å². The third-order valence-corrected chi connectivity index (χ3v) is 8.17. The highest BCUT2D eigenvalue weighted by Gasteiger charge is 2.49. The van der Waals surface area contributed by atoms with Crippen LogP contribution in [0.4, 0.5) is 0 Å². The van der Waals surface area contributed by atoms with Crippen LogP contribution in [0.1, 0.15) is 18.4 Å². The molecule has 6 heteroatoms. The minimum absolute atomic E-state index is 0.0523. The van der Waals surface area contributed by atoms with Gasteiger partial charge in [0.2, 0.25) is 10.0 Å². The first-order valence-electron chi connectivity index (χ1n) is 8.39. The number of hydrogen-bond acceptors (Lipinski definition) is 3. The average molecular weight is 404 g/mol. The summed E-state index contributed by atoms with van der Waals surface area (Å²) >= 11 is 7.19. The molecule has 0 spiro atoms. The van der Waals surface area contributed by atoms with Crippen molar-refractivity contribution in [3.63, 3.8) is 0 Å². The molecule has 2 aromatic carbocycles. The molecule has 1 saturated carbocycles. The maximum absolute atomic E-state index is 12.8. The maximum Gasteiger partial charge on any atom is 0.250 e. The van der Waals surface area contributed by atoms with Crippen LogP contribution in [0, 0.1) is 5.92 Å². The van der Waals surface area contributed by atoms with Crippen molar-refractivity contribution >= 4 is 33.0 Å². The zero-order valence-electron chi connectivity index (χ0n) is 14.1. The molecule has 134 valence electrons. The molecule has 4 rings (SSSR count). The van der Waals surface area contributed by atoms with E-state index < -0.39 is 10.0 Å². The largest absolute Gasteiger partial charge is 0.250 e. The second kappa shape index (κ2) is 6.82. The van der Waals surface area contributed by atoms with Gasteiger partial charge < -0.3 is 0 Å². The summed E-state index contributed by atoms with van der Waals surface area (Å²) in [7, 11) is -3.52. The Morgan fingerprint density at radius 3 is 2.35 bits per heavy atom. The maximum atomic E-state index is 12.8. The van der Waals surface area contributed by atoms with Crippen molar-refractivity contribution in [2.45, 2.75) is 23.1 Å². The molecule has 3 nitrogen and oxygen atoms in total. The molecule has 3 aromatic rings. The first-order chi connectivity index (χ1) is 12.5. The summed E-state index contributed by atoms with van der Waals surface area (Å²) in [6.45, 7) is 2.08. The highest BCUT2D eigenvalue weighted by atomic mass is 35.5. The minimum Gasteiger partial charge on any atom is -0.206 e. The van der Waals surface area contributed by atoms with Crippen molar-refractivity contribution in [3.8, 4) is 10.4 Å². The predicted molar refractivity (Wildman–Crippen MR) is 107 cm³/mol. The van der Waals surface area contributed by atoms with Gasteiger partial charge in [0.05, 0.1) is 0 Å². The van der Waals surface area contributed by atoms with Crippen LogP contribution in [-0.2, 0) is 10.0 Å². The predicted octanol–water partition coefficient (Wildman–Crippen LogP) is 5.15. The Morgan fingerprint density at radius 1 is 0.962 bits per heavy atom. The van der Waals surface area contributed by atoms with Crippen molar-refractivity contribution in [1.29, 1.82) is 0 Å². The summed E-state index contributed by atoms with van der Waals surface area (Å²) in [5, 5.41) is 0.662. The van der Waals surface area contributed by atoms with Crippen molar-refractivity contribution in [2.75, 3.05) is 0 Å². The molecule has 0 amide bonds. The lowest BCUT2D eigenvalue weighted by atomic mass is 10.1. The standard InChI is InChI=1S/C20H18ClNO2S2/c1-13-19(15-5-3-2-4-6-15)20(13)22-26(23,24)18-12-11-17(25-18)14-7-9-16(21)10-8-14/h2-13,19-20,22H,1H3/t13-,19-,20+/m1/s1. The summed E-state index contributed by atoms with van der Waals surface area (Å²) in [6, 6.07) is 20.9. The molecular formula is C20H18ClNO2S2. The van der Waals surface area contributed by atoms with Gasteiger partial charge in [0.1, 0.15) is 4.21 Å². The third kappa shape index (κ3) is 3.45. The lowest BCUT2D eigenvalue weighted by molar-refractivity contribution is 0.580. The Hall–Kier alpha value is -1.66. The number of thiophene rings is 1. The molecule has 26 heavy (non-hydrogen) atoms. The smallest absolute Gasteiger partial charge is 0.206 e. The number of halogens is 1. The fraction of sp³-hybridized carbons (Fsp3) is 0.200. The quantitative estimate of drug-likeness (QED) is 0.640. The van der Waals surface area contributed by atoms with Gasteiger partial charge >= 0.3 is 0 Å². The van der Waals surface area contributed by atoms with Crippen molar-refractivity contribution in [1.82, 2.24) is 4.72 Å². The molecule has 0 bridgehead atoms. The number of rotatable bonds is 5. The second-order valence-corrected chi connectivity index (χ2v) is 10.0. The van der Waals surface area contributed by atoms with Gasteiger partial charge in [0.25, 0.3) is 0 Å². The monoisotopic (exact) mass is 403 g/mol. The molecule has 1 aliphatic rings. The van der Waals surface area contributed by atoms with Crippen LogP contribution >= 0.6 is 22.9 Å². The van der Waals surface area contributed by atoms with Gasteiger partial charge in [0, 0.05) is 21.9 Å². The summed E-state index contributed by atoms with van der Waals surface area (Å²) < 4.78 is 28.8. The fourth-order valence-corrected chi connectivity index (χ4v) is 6.10. The zero-order chi connectivity index (χ0) is 18.3. The topological polar surface area (TPSA) is 46.2 Å². The fourth-order valence-electron chi connectivity index (χ4n) is 3.30. The molecule has 1 aliphatic carbocycles. The molecular weight excluding hydrogens is 386 g/mol. The Kier molecular flexibility index (Phi) is 4.65. The zero-order valence-corrected chi connectivity index (χ0v) is 16.5. The summed E-state index contributed by atoms with van der Waals surface area (Å²) in [5.41, 5.74) is 2.14. The van der Waals surface area contributed by atoms with E-state index in [1.807, 2.05) is 36.4 Å². The lowest BCUT2D eigenvalue weighted by Gasteiger charge is -2.04. The van der Waals surface area contributed by atoms with Crippen LogP contribution < -0.4 is 4.72 Å². The normalized spacial score (nSPS) is 22.3. The Morgan fingerprint density at radius 2 is 1.65 bits per heavy atom. The number of benzene rings is 2. The highest BCUT2D eigenvalue weighted by Crippen LogP contribution is 2.48. The van der Waals surface area contributed by atoms with Crippen LogP contribution in [0.5, 0.6) is 0 Å². The molecule has 3 atom stereocenters. The average Bonchev–Trinajstić information content (AvgIpc) is 3.04. The number of hydrogen-bond donors (Lipinski definition) is 1. The molecule has 1 aromatic heterocycles. The Bertz CT molecular complexity index is 1010. The van der Waals surface area contributed by atoms with Crippen LogP contribution in [0.15, 0.2) is 70.9 Å². The van der Waals surface area contributed by atoms with Crippen LogP contribution in [-0.4, -0.2) is 14.5 Å². The minimum atomic E-state index is -3.52. The third-order valence-electron chi connectivity index (χ3n) is 4.83. The van der Waals surface area contributed by atoms with Crippen molar-refractivity contribution < 1.29 is 8.42 Å². The van der Waals surface area contributed by atoms with Gasteiger partial charge in [-0.25, -0.2) is 13.1 Å². The van der Waals surface area contributed by atoms with Gasteiger partial charge in [-0.15, -0.1) is 11.3 Å². The van der Waals surface area contributed by atoms with E-state index in [9.17, 15) is 8.42 Å². The van der Waals surface area contributed by atoms with Crippen molar-refractivity contribution in [2.24, 2.45) is 5.92 Å². The SMILES string of the molecule is C[C@H]1[C@H](NS(=O)(=O)c2ccc(-c3ccc(Cl)cc3)s2)[C@H]1c1ccccc1. The molecule has 1 heterocycles. The van der Waals surface area contributed by atoms with E-state index in [1.165, 1.54) is 16.9 Å². The molecule has 0 unspecified atom stereocenters. The van der Waals surface area contributed by atoms with E-state index in [0.717, 1.165) is 10.4 Å². The van der Waals surface area contributed by atoms with Gasteiger partial charge in [-0.2, -0.15) is 0 Å². The lowest BCUT2D eigenvalue weighted by Crippen LogP contribution is -2.27. The summed E-state index contributed by atoms with van der Waals surface area (Å²) in [5.74, 6) is 0.532. The highest BCUT2D eigenvalue weighted by molar-refractivity contribution is 7.91. The molecule has 1 N–H and O–H groups in total. The van der Waals surface area contributed by atoms with E-state index >= 15 is 0 Å². The first kappa shape index (κ1) is 17.7. The molecule has 0 saturated heterocycles. The van der Waals surface area contributed by atoms with E-state index in [0.29, 0.717) is 15.1 Å². The van der Waals surface area contributed by atoms with Crippen LogP contribution in [0.25, 0.3) is 10.4 Å². The van der Waals surface area contributed by atoms with Gasteiger partial charge in [-0.1, -0.05) is 61.0 Å². The first-order valence-corrected chi connectivity index (χ1v) is 11.1. The van der Waals surface area contributed by atoms with Crippen molar-refractivity contribution in [3.05, 3.63) is 77.3 Å². The van der Waals surface area contributed by atoms with E-state index in [2.05, 4.69) is 23.8 Å². The summed E-state index contributed by atoms with van der Waals surface area (Å²) in [4.78, 5) is 0.908. The van der Waals surface area contributed by atoms with Gasteiger partial charge in [-0.3, -0.25) is 0 Å². The van der Waals surface area contributed by atoms with E-state index in [-0.39, 0.29) is 12.0 Å². The molecule has 0 radical (unpaired) electrons. The van der Waals surface area contributed by atoms with Crippen LogP contribution in [0.2, 0.25) is 5.02 Å². The van der Waals surface area contributed by atoms with E-state index in [1.54, 1.807) is 18.2 Å². The van der Waals surface area contributed by atoms with Crippen LogP contribution in [0.3, 0.4) is 0 Å². The molecule has 0 aliphatic heterocycles. The second-order valence-electron chi connectivity index (χ2n) is 6.57. The molecule has 1 fully saturated rings. The Labute approximate surface area is 162 Å². The summed E-state index contributed by atoms with van der Waals surface area (Å²) in [6.07, 6.45) is 0. The van der Waals surface area contributed by atoms with E-state index in [4.69, 9.17) is 11.6 Å². The number of sulfonamides is 1. The van der Waals surface area contributed by atoms with Gasteiger partial charge in [0.15, 0.2) is 0 Å². The Balaban J connectivity index is 1.52. The number of nitrogens with one attached hydrogen (secondary N) is 1.